The minimum absolute atomic E-state index is 0.286. The van der Waals surface area contributed by atoms with Crippen LogP contribution in [-0.4, -0.2) is 62.4 Å². The molecule has 8 heteroatoms. The second kappa shape index (κ2) is 5.55. The highest BCUT2D eigenvalue weighted by atomic mass is 32.2. The molecule has 1 aliphatic heterocycles. The molecule has 20 heavy (non-hydrogen) atoms. The number of furan rings is 1. The average molecular weight is 302 g/mol. The first-order valence-electron chi connectivity index (χ1n) is 6.28. The Morgan fingerprint density at radius 1 is 1.55 bits per heavy atom. The van der Waals surface area contributed by atoms with Crippen LogP contribution in [-0.2, 0) is 10.0 Å². The summed E-state index contributed by atoms with van der Waals surface area (Å²) < 4.78 is 30.6. The topological polar surface area (TPSA) is 91.1 Å². The number of likely N-dealkylation sites (tertiary alicyclic amines) is 1. The Labute approximate surface area is 117 Å². The van der Waals surface area contributed by atoms with Crippen LogP contribution in [0.3, 0.4) is 0 Å². The second-order valence-electron chi connectivity index (χ2n) is 5.13. The van der Waals surface area contributed by atoms with Crippen LogP contribution >= 0.6 is 0 Å². The first-order chi connectivity index (χ1) is 9.30. The lowest BCUT2D eigenvalue weighted by Gasteiger charge is -2.19. The molecule has 0 spiro atoms. The molecule has 1 saturated heterocycles. The molecule has 7 nitrogen and oxygen atoms in total. The van der Waals surface area contributed by atoms with E-state index in [1.54, 1.807) is 0 Å². The first-order valence-corrected chi connectivity index (χ1v) is 7.72. The number of carboxylic acids is 1. The molecule has 0 radical (unpaired) electrons. The molecule has 2 heterocycles. The van der Waals surface area contributed by atoms with Crippen molar-refractivity contribution in [1.82, 2.24) is 9.21 Å². The van der Waals surface area contributed by atoms with Crippen LogP contribution in [0.15, 0.2) is 21.6 Å². The molecule has 0 amide bonds. The van der Waals surface area contributed by atoms with Crippen LogP contribution in [0.1, 0.15) is 17.0 Å². The Bertz CT molecular complexity index is 595. The van der Waals surface area contributed by atoms with Crippen molar-refractivity contribution in [2.45, 2.75) is 11.5 Å². The smallest absolute Gasteiger partial charge is 0.371 e. The highest BCUT2D eigenvalue weighted by molar-refractivity contribution is 7.89. The minimum atomic E-state index is -3.77. The van der Waals surface area contributed by atoms with Gasteiger partial charge in [-0.2, -0.15) is 4.31 Å². The van der Waals surface area contributed by atoms with Crippen LogP contribution in [0, 0.1) is 5.92 Å². The van der Waals surface area contributed by atoms with Gasteiger partial charge in [-0.25, -0.2) is 13.2 Å². The number of nitrogens with zero attached hydrogens (tertiary/aromatic N) is 2. The maximum atomic E-state index is 12.3. The van der Waals surface area contributed by atoms with Gasteiger partial charge in [0.15, 0.2) is 0 Å². The van der Waals surface area contributed by atoms with Gasteiger partial charge in [-0.15, -0.1) is 0 Å². The average Bonchev–Trinajstić information content (AvgIpc) is 2.98. The van der Waals surface area contributed by atoms with Gasteiger partial charge in [0, 0.05) is 20.1 Å². The van der Waals surface area contributed by atoms with Crippen LogP contribution < -0.4 is 0 Å². The molecule has 1 aromatic heterocycles. The SMILES string of the molecule is CN1CCC(CN(C)S(=O)(=O)c2ccc(C(=O)O)o2)C1. The zero-order chi connectivity index (χ0) is 14.9. The fourth-order valence-electron chi connectivity index (χ4n) is 2.36. The van der Waals surface area contributed by atoms with Crippen molar-refractivity contribution in [2.75, 3.05) is 33.7 Å². The van der Waals surface area contributed by atoms with Gasteiger partial charge in [0.2, 0.25) is 10.9 Å². The number of aromatic carboxylic acids is 1. The zero-order valence-electron chi connectivity index (χ0n) is 11.4. The van der Waals surface area contributed by atoms with E-state index in [0.717, 1.165) is 25.6 Å². The third-order valence-electron chi connectivity index (χ3n) is 3.46. The fraction of sp³-hybridized carbons (Fsp3) is 0.583. The molecule has 0 bridgehead atoms. The Morgan fingerprint density at radius 2 is 2.25 bits per heavy atom. The normalized spacial score (nSPS) is 20.6. The fourth-order valence-corrected chi connectivity index (χ4v) is 3.51. The van der Waals surface area contributed by atoms with Gasteiger partial charge in [-0.1, -0.05) is 0 Å². The Hall–Kier alpha value is -1.38. The van der Waals surface area contributed by atoms with Gasteiger partial charge in [0.05, 0.1) is 0 Å². The lowest BCUT2D eigenvalue weighted by molar-refractivity contribution is 0.0656. The lowest BCUT2D eigenvalue weighted by atomic mass is 10.1. The van der Waals surface area contributed by atoms with Crippen LogP contribution in [0.4, 0.5) is 0 Å². The number of rotatable bonds is 5. The van der Waals surface area contributed by atoms with Gasteiger partial charge in [-0.05, 0) is 38.1 Å². The molecule has 2 rings (SSSR count). The lowest BCUT2D eigenvalue weighted by Crippen LogP contribution is -2.32. The Morgan fingerprint density at radius 3 is 2.75 bits per heavy atom. The van der Waals surface area contributed by atoms with Crippen molar-refractivity contribution in [3.8, 4) is 0 Å². The summed E-state index contributed by atoms with van der Waals surface area (Å²) in [4.78, 5) is 12.9. The summed E-state index contributed by atoms with van der Waals surface area (Å²) in [5, 5.41) is 8.42. The van der Waals surface area contributed by atoms with Crippen LogP contribution in [0.25, 0.3) is 0 Å². The Kier molecular flexibility index (Phi) is 4.17. The highest BCUT2D eigenvalue weighted by Crippen LogP contribution is 2.21. The molecular weight excluding hydrogens is 284 g/mol. The maximum Gasteiger partial charge on any atom is 0.371 e. The summed E-state index contributed by atoms with van der Waals surface area (Å²) in [7, 11) is -0.289. The third kappa shape index (κ3) is 3.02. The largest absolute Gasteiger partial charge is 0.475 e. The number of hydrogen-bond donors (Lipinski definition) is 1. The van der Waals surface area contributed by atoms with E-state index in [2.05, 4.69) is 4.90 Å². The van der Waals surface area contributed by atoms with E-state index in [4.69, 9.17) is 9.52 Å². The number of carbonyl (C=O) groups is 1. The summed E-state index contributed by atoms with van der Waals surface area (Å²) in [6.45, 7) is 2.22. The summed E-state index contributed by atoms with van der Waals surface area (Å²) >= 11 is 0. The van der Waals surface area contributed by atoms with Gasteiger partial charge < -0.3 is 14.4 Å². The van der Waals surface area contributed by atoms with E-state index >= 15 is 0 Å². The van der Waals surface area contributed by atoms with E-state index in [-0.39, 0.29) is 16.8 Å². The highest BCUT2D eigenvalue weighted by Gasteiger charge is 2.29. The third-order valence-corrected chi connectivity index (χ3v) is 5.16. The van der Waals surface area contributed by atoms with E-state index in [1.165, 1.54) is 17.4 Å². The van der Waals surface area contributed by atoms with Gasteiger partial charge in [0.1, 0.15) is 0 Å². The monoisotopic (exact) mass is 302 g/mol. The molecule has 0 aliphatic carbocycles. The molecule has 1 unspecified atom stereocenters. The van der Waals surface area contributed by atoms with Gasteiger partial charge >= 0.3 is 5.97 Å². The molecule has 1 atom stereocenters. The predicted octanol–water partition coefficient (Wildman–Crippen LogP) is 0.550. The molecular formula is C12H18N2O5S. The van der Waals surface area contributed by atoms with Crippen molar-refractivity contribution in [3.05, 3.63) is 17.9 Å². The van der Waals surface area contributed by atoms with E-state index in [9.17, 15) is 13.2 Å². The molecule has 1 fully saturated rings. The summed E-state index contributed by atoms with van der Waals surface area (Å²) in [6, 6.07) is 2.32. The van der Waals surface area contributed by atoms with E-state index in [1.807, 2.05) is 7.05 Å². The maximum absolute atomic E-state index is 12.3. The predicted molar refractivity (Wildman–Crippen MR) is 71.1 cm³/mol. The van der Waals surface area contributed by atoms with Crippen molar-refractivity contribution >= 4 is 16.0 Å². The minimum Gasteiger partial charge on any atom is -0.475 e. The van der Waals surface area contributed by atoms with Crippen molar-refractivity contribution < 1.29 is 22.7 Å². The second-order valence-corrected chi connectivity index (χ2v) is 7.10. The molecule has 112 valence electrons. The Balaban J connectivity index is 2.10. The summed E-state index contributed by atoms with van der Waals surface area (Å²) in [5.41, 5.74) is 0. The van der Waals surface area contributed by atoms with Crippen molar-refractivity contribution in [2.24, 2.45) is 5.92 Å². The molecule has 1 aromatic rings. The first kappa shape index (κ1) is 15.0. The number of sulfonamides is 1. The molecule has 0 saturated carbocycles. The zero-order valence-corrected chi connectivity index (χ0v) is 12.3. The van der Waals surface area contributed by atoms with Gasteiger partial charge in [-0.3, -0.25) is 0 Å². The quantitative estimate of drug-likeness (QED) is 0.854. The molecule has 1 aliphatic rings. The summed E-state index contributed by atoms with van der Waals surface area (Å²) in [6.07, 6.45) is 0.953. The molecule has 1 N–H and O–H groups in total. The van der Waals surface area contributed by atoms with E-state index < -0.39 is 16.0 Å². The van der Waals surface area contributed by atoms with Crippen molar-refractivity contribution in [3.63, 3.8) is 0 Å². The standard InChI is InChI=1S/C12H18N2O5S/c1-13-6-5-9(7-13)8-14(2)20(17,18)11-4-3-10(19-11)12(15)16/h3-4,9H,5-8H2,1-2H3,(H,15,16). The molecule has 0 aromatic carbocycles. The van der Waals surface area contributed by atoms with Gasteiger partial charge in [0.25, 0.3) is 10.0 Å². The van der Waals surface area contributed by atoms with Crippen LogP contribution in [0.5, 0.6) is 0 Å². The number of carboxylic acid groups (broad SMARTS) is 1. The van der Waals surface area contributed by atoms with E-state index in [0.29, 0.717) is 6.54 Å². The summed E-state index contributed by atoms with van der Waals surface area (Å²) in [5.74, 6) is -1.38. The van der Waals surface area contributed by atoms with Crippen molar-refractivity contribution in [1.29, 1.82) is 0 Å². The number of hydrogen-bond acceptors (Lipinski definition) is 5. The van der Waals surface area contributed by atoms with Crippen LogP contribution in [0.2, 0.25) is 0 Å².